The number of aromatic nitrogens is 1. The predicted molar refractivity (Wildman–Crippen MR) is 120 cm³/mol. The maximum atomic E-state index is 12.6. The molecule has 6 nitrogen and oxygen atoms in total. The van der Waals surface area contributed by atoms with E-state index >= 15 is 0 Å². The molecule has 2 amide bonds. The molecule has 0 radical (unpaired) electrons. The number of rotatable bonds is 4. The lowest BCUT2D eigenvalue weighted by Crippen LogP contribution is -2.30. The van der Waals surface area contributed by atoms with Crippen molar-refractivity contribution in [2.24, 2.45) is 4.99 Å². The second-order valence-electron chi connectivity index (χ2n) is 6.53. The fourth-order valence-electron chi connectivity index (χ4n) is 2.90. The monoisotopic (exact) mass is 444 g/mol. The first kappa shape index (κ1) is 19.9. The number of nitrogens with one attached hydrogen (secondary N) is 1. The number of carbonyl (C=O) groups excluding carboxylic acids is 2. The summed E-state index contributed by atoms with van der Waals surface area (Å²) in [5, 5.41) is 4.04. The van der Waals surface area contributed by atoms with Crippen LogP contribution in [0.2, 0.25) is 5.02 Å². The van der Waals surface area contributed by atoms with E-state index in [0.29, 0.717) is 21.0 Å². The van der Waals surface area contributed by atoms with Crippen LogP contribution in [0.15, 0.2) is 47.5 Å². The van der Waals surface area contributed by atoms with Gasteiger partial charge in [-0.25, -0.2) is 4.98 Å². The fraction of sp³-hybridized carbons (Fsp3) is 0.200. The minimum Gasteiger partial charge on any atom is -0.326 e. The molecule has 148 valence electrons. The molecular formula is C20H17ClN4O2S2. The molecule has 4 rings (SSSR count). The van der Waals surface area contributed by atoms with E-state index in [1.807, 2.05) is 31.2 Å². The van der Waals surface area contributed by atoms with Crippen molar-refractivity contribution in [1.82, 2.24) is 9.88 Å². The first-order valence-corrected chi connectivity index (χ1v) is 10.9. The van der Waals surface area contributed by atoms with Crippen LogP contribution in [0.4, 0.5) is 10.8 Å². The Balaban J connectivity index is 1.47. The van der Waals surface area contributed by atoms with Gasteiger partial charge in [0, 0.05) is 24.2 Å². The van der Waals surface area contributed by atoms with Crippen LogP contribution in [-0.4, -0.2) is 39.2 Å². The number of benzene rings is 2. The lowest BCUT2D eigenvalue weighted by atomic mass is 10.2. The molecule has 1 fully saturated rings. The second kappa shape index (κ2) is 8.14. The van der Waals surface area contributed by atoms with Gasteiger partial charge < -0.3 is 5.32 Å². The summed E-state index contributed by atoms with van der Waals surface area (Å²) in [5.41, 5.74) is 2.32. The standard InChI is InChI=1S/C20H17ClN4O2S2/c1-11-12(21)6-5-8-13(11)22-17(26)10-16-18(27)25(2)20(29-16)24-19-23-14-7-3-4-9-15(14)28-19/h3-9,16H,10H2,1-2H3,(H,22,26)/t16-/m1/s1. The molecule has 0 bridgehead atoms. The summed E-state index contributed by atoms with van der Waals surface area (Å²) >= 11 is 8.85. The molecule has 9 heteroatoms. The highest BCUT2D eigenvalue weighted by Crippen LogP contribution is 2.34. The van der Waals surface area contributed by atoms with Crippen molar-refractivity contribution in [1.29, 1.82) is 0 Å². The van der Waals surface area contributed by atoms with Crippen molar-refractivity contribution in [2.45, 2.75) is 18.6 Å². The average molecular weight is 445 g/mol. The van der Waals surface area contributed by atoms with E-state index in [9.17, 15) is 9.59 Å². The highest BCUT2D eigenvalue weighted by Gasteiger charge is 2.37. The van der Waals surface area contributed by atoms with Crippen LogP contribution in [0.5, 0.6) is 0 Å². The lowest BCUT2D eigenvalue weighted by Gasteiger charge is -2.11. The minimum atomic E-state index is -0.521. The van der Waals surface area contributed by atoms with Gasteiger partial charge in [0.05, 0.1) is 10.2 Å². The maximum Gasteiger partial charge on any atom is 0.242 e. The topological polar surface area (TPSA) is 74.7 Å². The van der Waals surface area contributed by atoms with Crippen molar-refractivity contribution in [2.75, 3.05) is 12.4 Å². The van der Waals surface area contributed by atoms with Crippen LogP contribution in [-0.2, 0) is 9.59 Å². The van der Waals surface area contributed by atoms with Crippen LogP contribution in [0.25, 0.3) is 10.2 Å². The van der Waals surface area contributed by atoms with Gasteiger partial charge in [-0.05, 0) is 36.8 Å². The van der Waals surface area contributed by atoms with Gasteiger partial charge >= 0.3 is 0 Å². The first-order chi connectivity index (χ1) is 13.9. The molecule has 1 N–H and O–H groups in total. The highest BCUT2D eigenvalue weighted by atomic mass is 35.5. The lowest BCUT2D eigenvalue weighted by molar-refractivity contribution is -0.127. The summed E-state index contributed by atoms with van der Waals surface area (Å²) < 4.78 is 1.04. The number of halogens is 1. The van der Waals surface area contributed by atoms with Gasteiger partial charge in [0.15, 0.2) is 5.17 Å². The number of nitrogens with zero attached hydrogens (tertiary/aromatic N) is 3. The number of anilines is 1. The van der Waals surface area contributed by atoms with Gasteiger partial charge in [-0.1, -0.05) is 52.9 Å². The van der Waals surface area contributed by atoms with Crippen LogP contribution in [0.3, 0.4) is 0 Å². The van der Waals surface area contributed by atoms with E-state index in [-0.39, 0.29) is 18.2 Å². The number of thioether (sulfide) groups is 1. The number of para-hydroxylation sites is 1. The van der Waals surface area contributed by atoms with E-state index < -0.39 is 5.25 Å². The maximum absolute atomic E-state index is 12.6. The normalized spacial score (nSPS) is 18.0. The number of hydrogen-bond acceptors (Lipinski definition) is 6. The summed E-state index contributed by atoms with van der Waals surface area (Å²) in [6.45, 7) is 1.84. The molecule has 2 aromatic carbocycles. The molecule has 1 aliphatic rings. The zero-order chi connectivity index (χ0) is 20.5. The Morgan fingerprint density at radius 3 is 2.86 bits per heavy atom. The molecule has 1 aromatic heterocycles. The summed E-state index contributed by atoms with van der Waals surface area (Å²) in [4.78, 5) is 35.6. The van der Waals surface area contributed by atoms with Crippen LogP contribution in [0.1, 0.15) is 12.0 Å². The van der Waals surface area contributed by atoms with E-state index in [4.69, 9.17) is 11.6 Å². The molecule has 1 saturated heterocycles. The summed E-state index contributed by atoms with van der Waals surface area (Å²) in [7, 11) is 1.67. The van der Waals surface area contributed by atoms with Crippen LogP contribution < -0.4 is 5.32 Å². The van der Waals surface area contributed by atoms with Gasteiger partial charge in [0.25, 0.3) is 0 Å². The zero-order valence-electron chi connectivity index (χ0n) is 15.7. The van der Waals surface area contributed by atoms with Gasteiger partial charge in [-0.2, -0.15) is 4.99 Å². The number of amidine groups is 1. The van der Waals surface area contributed by atoms with E-state index in [1.54, 1.807) is 25.2 Å². The first-order valence-electron chi connectivity index (χ1n) is 8.86. The minimum absolute atomic E-state index is 0.0542. The number of fused-ring (bicyclic) bond motifs is 1. The summed E-state index contributed by atoms with van der Waals surface area (Å²) in [5.74, 6) is -0.385. The summed E-state index contributed by atoms with van der Waals surface area (Å²) in [6, 6.07) is 13.1. The molecule has 2 heterocycles. The molecule has 3 aromatic rings. The SMILES string of the molecule is Cc1c(Cl)cccc1NC(=O)C[C@H]1SC(=Nc2nc3ccccc3s2)N(C)C1=O. The van der Waals surface area contributed by atoms with Crippen molar-refractivity contribution in [3.05, 3.63) is 53.1 Å². The zero-order valence-corrected chi connectivity index (χ0v) is 18.1. The number of aliphatic imine (C=N–C) groups is 1. The second-order valence-corrected chi connectivity index (χ2v) is 9.11. The largest absolute Gasteiger partial charge is 0.326 e. The van der Waals surface area contributed by atoms with Crippen molar-refractivity contribution >= 4 is 72.7 Å². The average Bonchev–Trinajstić information content (AvgIpc) is 3.21. The molecule has 29 heavy (non-hydrogen) atoms. The summed E-state index contributed by atoms with van der Waals surface area (Å²) in [6.07, 6.45) is 0.0542. The number of hydrogen-bond donors (Lipinski definition) is 1. The van der Waals surface area contributed by atoms with Crippen molar-refractivity contribution in [3.8, 4) is 0 Å². The smallest absolute Gasteiger partial charge is 0.242 e. The van der Waals surface area contributed by atoms with E-state index in [2.05, 4.69) is 15.3 Å². The molecule has 1 aliphatic heterocycles. The molecule has 0 saturated carbocycles. The molecule has 0 aliphatic carbocycles. The molecule has 0 spiro atoms. The number of carbonyl (C=O) groups is 2. The van der Waals surface area contributed by atoms with E-state index in [1.165, 1.54) is 28.0 Å². The quantitative estimate of drug-likeness (QED) is 0.624. The van der Waals surface area contributed by atoms with Gasteiger partial charge in [0.1, 0.15) is 5.25 Å². The Bertz CT molecular complexity index is 1110. The van der Waals surface area contributed by atoms with Crippen molar-refractivity contribution in [3.63, 3.8) is 0 Å². The van der Waals surface area contributed by atoms with Gasteiger partial charge in [0.2, 0.25) is 16.9 Å². The third-order valence-electron chi connectivity index (χ3n) is 4.53. The number of amides is 2. The third-order valence-corrected chi connectivity index (χ3v) is 7.10. The van der Waals surface area contributed by atoms with Crippen LogP contribution >= 0.6 is 34.7 Å². The predicted octanol–water partition coefficient (Wildman–Crippen LogP) is 4.85. The third kappa shape index (κ3) is 4.14. The Morgan fingerprint density at radius 1 is 1.28 bits per heavy atom. The van der Waals surface area contributed by atoms with E-state index in [0.717, 1.165) is 15.8 Å². The Labute approximate surface area is 181 Å². The number of thiazole rings is 1. The van der Waals surface area contributed by atoms with Gasteiger partial charge in [-0.15, -0.1) is 0 Å². The molecule has 1 atom stereocenters. The Morgan fingerprint density at radius 2 is 2.07 bits per heavy atom. The highest BCUT2D eigenvalue weighted by molar-refractivity contribution is 8.15. The van der Waals surface area contributed by atoms with Gasteiger partial charge in [-0.3, -0.25) is 14.5 Å². The molecule has 0 unspecified atom stereocenters. The fourth-order valence-corrected chi connectivity index (χ4v) is 5.10. The molecular weight excluding hydrogens is 428 g/mol. The Kier molecular flexibility index (Phi) is 5.58. The Hall–Kier alpha value is -2.42. The van der Waals surface area contributed by atoms with Crippen LogP contribution in [0, 0.1) is 6.92 Å². The van der Waals surface area contributed by atoms with Crippen molar-refractivity contribution < 1.29 is 9.59 Å².